The molecular weight excluding hydrogens is 247 g/mol. The third-order valence-electron chi connectivity index (χ3n) is 2.88. The summed E-state index contributed by atoms with van der Waals surface area (Å²) in [5, 5.41) is 0. The average molecular weight is 255 g/mol. The van der Waals surface area contributed by atoms with Crippen molar-refractivity contribution in [3.63, 3.8) is 0 Å². The van der Waals surface area contributed by atoms with Crippen molar-refractivity contribution in [1.29, 1.82) is 0 Å². The van der Waals surface area contributed by atoms with Crippen LogP contribution in [0.5, 0.6) is 0 Å². The first-order valence-electron chi connectivity index (χ1n) is 4.91. The maximum absolute atomic E-state index is 5.81. The minimum absolute atomic E-state index is 0.835. The average Bonchev–Trinajstić information content (AvgIpc) is 2.56. The van der Waals surface area contributed by atoms with E-state index in [4.69, 9.17) is 7.85 Å². The van der Waals surface area contributed by atoms with Crippen LogP contribution in [0, 0.1) is 0 Å². The second-order valence-corrected chi connectivity index (χ2v) is 4.81. The summed E-state index contributed by atoms with van der Waals surface area (Å²) < 4.78 is 1.12. The Morgan fingerprint density at radius 2 is 1.60 bits per heavy atom. The van der Waals surface area contributed by atoms with Gasteiger partial charge in [-0.15, -0.1) is 0 Å². The molecule has 0 bridgehead atoms. The van der Waals surface area contributed by atoms with Crippen molar-refractivity contribution in [1.82, 2.24) is 0 Å². The lowest BCUT2D eigenvalue weighted by Gasteiger charge is -2.02. The van der Waals surface area contributed by atoms with E-state index in [9.17, 15) is 0 Å². The molecule has 2 aromatic rings. The summed E-state index contributed by atoms with van der Waals surface area (Å²) in [5.74, 6) is 0. The molecule has 0 aliphatic heterocycles. The van der Waals surface area contributed by atoms with Crippen molar-refractivity contribution in [3.05, 3.63) is 52.0 Å². The zero-order valence-corrected chi connectivity index (χ0v) is 9.71. The van der Waals surface area contributed by atoms with Crippen molar-refractivity contribution < 1.29 is 0 Å². The van der Waals surface area contributed by atoms with Crippen LogP contribution in [0.3, 0.4) is 0 Å². The molecule has 1 aliphatic carbocycles. The van der Waals surface area contributed by atoms with Gasteiger partial charge in [0, 0.05) is 4.47 Å². The number of rotatable bonds is 0. The van der Waals surface area contributed by atoms with Gasteiger partial charge in [0.2, 0.25) is 0 Å². The van der Waals surface area contributed by atoms with Gasteiger partial charge in [-0.3, -0.25) is 0 Å². The number of hydrogen-bond acceptors (Lipinski definition) is 0. The highest BCUT2D eigenvalue weighted by Gasteiger charge is 2.17. The number of benzene rings is 2. The molecule has 70 valence electrons. The number of fused-ring (bicyclic) bond motifs is 3. The van der Waals surface area contributed by atoms with E-state index in [2.05, 4.69) is 46.3 Å². The summed E-state index contributed by atoms with van der Waals surface area (Å²) in [6, 6.07) is 12.6. The molecule has 0 nitrogen and oxygen atoms in total. The van der Waals surface area contributed by atoms with Crippen molar-refractivity contribution in [2.75, 3.05) is 0 Å². The Labute approximate surface area is 98.9 Å². The van der Waals surface area contributed by atoms with Crippen LogP contribution in [0.15, 0.2) is 40.9 Å². The third kappa shape index (κ3) is 1.44. The summed E-state index contributed by atoms with van der Waals surface area (Å²) in [4.78, 5) is 0. The second-order valence-electron chi connectivity index (χ2n) is 3.89. The van der Waals surface area contributed by atoms with Crippen LogP contribution in [-0.2, 0) is 6.42 Å². The molecule has 15 heavy (non-hydrogen) atoms. The second kappa shape index (κ2) is 3.24. The first-order valence-corrected chi connectivity index (χ1v) is 5.70. The van der Waals surface area contributed by atoms with Gasteiger partial charge in [-0.25, -0.2) is 0 Å². The van der Waals surface area contributed by atoms with Crippen LogP contribution in [0.4, 0.5) is 0 Å². The van der Waals surface area contributed by atoms with Gasteiger partial charge in [0.1, 0.15) is 7.85 Å². The van der Waals surface area contributed by atoms with Crippen molar-refractivity contribution in [2.45, 2.75) is 6.42 Å². The van der Waals surface area contributed by atoms with E-state index < -0.39 is 0 Å². The molecule has 3 rings (SSSR count). The summed E-state index contributed by atoms with van der Waals surface area (Å²) in [5.41, 5.74) is 6.19. The minimum Gasteiger partial charge on any atom is -0.0960 e. The molecule has 0 amide bonds. The van der Waals surface area contributed by atoms with Gasteiger partial charge in [-0.05, 0) is 40.8 Å². The molecule has 1 aliphatic rings. The fourth-order valence-corrected chi connectivity index (χ4v) is 2.52. The predicted molar refractivity (Wildman–Crippen MR) is 67.8 cm³/mol. The van der Waals surface area contributed by atoms with Gasteiger partial charge >= 0.3 is 0 Å². The Morgan fingerprint density at radius 1 is 0.933 bits per heavy atom. The quantitative estimate of drug-likeness (QED) is 0.542. The van der Waals surface area contributed by atoms with Crippen molar-refractivity contribution in [3.8, 4) is 11.1 Å². The lowest BCUT2D eigenvalue weighted by atomic mass is 9.92. The van der Waals surface area contributed by atoms with E-state index in [1.807, 2.05) is 6.07 Å². The topological polar surface area (TPSA) is 0 Å². The maximum atomic E-state index is 5.81. The smallest absolute Gasteiger partial charge is 0.0960 e. The lowest BCUT2D eigenvalue weighted by molar-refractivity contribution is 1.26. The van der Waals surface area contributed by atoms with Crippen molar-refractivity contribution in [2.24, 2.45) is 0 Å². The third-order valence-corrected chi connectivity index (χ3v) is 3.37. The summed E-state index contributed by atoms with van der Waals surface area (Å²) in [6.45, 7) is 0. The molecular formula is C13H8BBr. The predicted octanol–water partition coefficient (Wildman–Crippen LogP) is 2.81. The van der Waals surface area contributed by atoms with Crippen molar-refractivity contribution >= 4 is 29.2 Å². The normalized spacial score (nSPS) is 12.3. The van der Waals surface area contributed by atoms with Gasteiger partial charge in [0.15, 0.2) is 0 Å². The zero-order valence-electron chi connectivity index (χ0n) is 8.13. The molecule has 0 saturated heterocycles. The minimum atomic E-state index is 0.835. The molecule has 2 aromatic carbocycles. The van der Waals surface area contributed by atoms with Gasteiger partial charge in [-0.2, -0.15) is 0 Å². The highest BCUT2D eigenvalue weighted by molar-refractivity contribution is 9.10. The molecule has 0 atom stereocenters. The molecule has 2 heteroatoms. The Balaban J connectivity index is 2.28. The lowest BCUT2D eigenvalue weighted by Crippen LogP contribution is -2.01. The summed E-state index contributed by atoms with van der Waals surface area (Å²) in [6.07, 6.45) is 1.03. The Hall–Kier alpha value is -1.02. The molecule has 0 unspecified atom stereocenters. The van der Waals surface area contributed by atoms with E-state index in [1.165, 1.54) is 22.3 Å². The molecule has 0 heterocycles. The van der Waals surface area contributed by atoms with Gasteiger partial charge in [0.25, 0.3) is 0 Å². The van der Waals surface area contributed by atoms with Crippen LogP contribution in [0.1, 0.15) is 11.1 Å². The van der Waals surface area contributed by atoms with E-state index in [0.717, 1.165) is 16.4 Å². The Kier molecular flexibility index (Phi) is 1.99. The molecule has 0 aromatic heterocycles. The fourth-order valence-electron chi connectivity index (χ4n) is 2.16. The largest absolute Gasteiger partial charge is 0.113 e. The standard InChI is InChI=1S/C13H8BBr/c14-10-3-1-8-5-9-2-4-11(15)7-13(9)12(8)6-10/h1-4,6-7H,5H2. The van der Waals surface area contributed by atoms with Gasteiger partial charge in [0.05, 0.1) is 0 Å². The van der Waals surface area contributed by atoms with E-state index in [-0.39, 0.29) is 0 Å². The van der Waals surface area contributed by atoms with Crippen LogP contribution in [-0.4, -0.2) is 7.85 Å². The summed E-state index contributed by atoms with van der Waals surface area (Å²) in [7, 11) is 5.81. The first-order chi connectivity index (χ1) is 7.24. The first kappa shape index (κ1) is 9.23. The number of halogens is 1. The molecule has 0 N–H and O–H groups in total. The van der Waals surface area contributed by atoms with E-state index in [0.29, 0.717) is 0 Å². The van der Waals surface area contributed by atoms with Crippen LogP contribution >= 0.6 is 15.9 Å². The van der Waals surface area contributed by atoms with E-state index in [1.54, 1.807) is 0 Å². The van der Waals surface area contributed by atoms with Gasteiger partial charge in [-0.1, -0.05) is 45.7 Å². The molecule has 0 saturated carbocycles. The van der Waals surface area contributed by atoms with Crippen LogP contribution in [0.2, 0.25) is 0 Å². The Morgan fingerprint density at radius 3 is 2.40 bits per heavy atom. The zero-order chi connectivity index (χ0) is 10.4. The highest BCUT2D eigenvalue weighted by atomic mass is 79.9. The maximum Gasteiger partial charge on any atom is 0.113 e. The highest BCUT2D eigenvalue weighted by Crippen LogP contribution is 2.37. The van der Waals surface area contributed by atoms with Crippen LogP contribution < -0.4 is 5.46 Å². The molecule has 0 fully saturated rings. The van der Waals surface area contributed by atoms with E-state index >= 15 is 0 Å². The summed E-state index contributed by atoms with van der Waals surface area (Å²) >= 11 is 3.50. The number of hydrogen-bond donors (Lipinski definition) is 0. The van der Waals surface area contributed by atoms with Gasteiger partial charge < -0.3 is 0 Å². The Bertz CT molecular complexity index is 497. The SMILES string of the molecule is [B]c1ccc2c(c1)-c1cc(Br)ccc1C2. The van der Waals surface area contributed by atoms with Crippen LogP contribution in [0.25, 0.3) is 11.1 Å². The molecule has 0 spiro atoms. The molecule has 2 radical (unpaired) electrons. The monoisotopic (exact) mass is 254 g/mol. The fraction of sp³-hybridized carbons (Fsp3) is 0.0769.